The van der Waals surface area contributed by atoms with Gasteiger partial charge in [-0.3, -0.25) is 13.9 Å². The van der Waals surface area contributed by atoms with Gasteiger partial charge in [0.25, 0.3) is 10.0 Å². The van der Waals surface area contributed by atoms with Crippen LogP contribution in [0.25, 0.3) is 0 Å². The average Bonchev–Trinajstić information content (AvgIpc) is 3.09. The highest BCUT2D eigenvalue weighted by Crippen LogP contribution is 2.33. The van der Waals surface area contributed by atoms with Crippen molar-refractivity contribution in [2.45, 2.75) is 56.8 Å². The quantitative estimate of drug-likeness (QED) is 0.139. The molecule has 1 unspecified atom stereocenters. The number of carbonyl (C=O) groups is 2. The predicted molar refractivity (Wildman–Crippen MR) is 183 cm³/mol. The fourth-order valence-corrected chi connectivity index (χ4v) is 6.64. The van der Waals surface area contributed by atoms with Gasteiger partial charge in [-0.25, -0.2) is 8.42 Å². The van der Waals surface area contributed by atoms with Crippen LogP contribution in [0.3, 0.4) is 0 Å². The topological polar surface area (TPSA) is 96.0 Å². The highest BCUT2D eigenvalue weighted by Gasteiger charge is 2.36. The molecule has 12 heteroatoms. The molecule has 0 aromatic heterocycles. The van der Waals surface area contributed by atoms with Crippen LogP contribution >= 0.6 is 0 Å². The Kier molecular flexibility index (Phi) is 12.5. The molecule has 0 radical (unpaired) electrons. The number of amides is 2. The number of methoxy groups -OCH3 is 1. The molecule has 4 rings (SSSR count). The fourth-order valence-electron chi connectivity index (χ4n) is 5.23. The Balaban J connectivity index is 1.84. The number of unbranched alkanes of at least 4 members (excludes halogenated alkanes) is 1. The van der Waals surface area contributed by atoms with E-state index in [-0.39, 0.29) is 23.5 Å². The molecule has 4 aromatic rings. The van der Waals surface area contributed by atoms with Crippen molar-refractivity contribution in [3.63, 3.8) is 0 Å². The van der Waals surface area contributed by atoms with Gasteiger partial charge >= 0.3 is 6.18 Å². The molecule has 49 heavy (non-hydrogen) atoms. The summed E-state index contributed by atoms with van der Waals surface area (Å²) in [6, 6.07) is 24.5. The third-order valence-corrected chi connectivity index (χ3v) is 9.73. The number of benzene rings is 4. The Labute approximate surface area is 285 Å². The van der Waals surface area contributed by atoms with Crippen molar-refractivity contribution in [2.75, 3.05) is 24.5 Å². The lowest BCUT2D eigenvalue weighted by Crippen LogP contribution is -2.53. The van der Waals surface area contributed by atoms with Crippen molar-refractivity contribution in [1.29, 1.82) is 0 Å². The molecule has 8 nitrogen and oxygen atoms in total. The highest BCUT2D eigenvalue weighted by atomic mass is 32.2. The van der Waals surface area contributed by atoms with Gasteiger partial charge < -0.3 is 15.0 Å². The number of nitrogens with one attached hydrogen (secondary N) is 1. The number of sulfonamides is 1. The van der Waals surface area contributed by atoms with Gasteiger partial charge in [-0.1, -0.05) is 79.6 Å². The first-order valence-electron chi connectivity index (χ1n) is 15.8. The van der Waals surface area contributed by atoms with Gasteiger partial charge in [0.05, 0.1) is 23.3 Å². The summed E-state index contributed by atoms with van der Waals surface area (Å²) in [6.45, 7) is 3.10. The lowest BCUT2D eigenvalue weighted by atomic mass is 10.0. The number of rotatable bonds is 15. The first-order valence-corrected chi connectivity index (χ1v) is 17.3. The van der Waals surface area contributed by atoms with Crippen LogP contribution < -0.4 is 14.4 Å². The lowest BCUT2D eigenvalue weighted by Gasteiger charge is -2.34. The smallest absolute Gasteiger partial charge is 0.416 e. The molecular formula is C37H40F3N3O5S. The van der Waals surface area contributed by atoms with Crippen LogP contribution in [0.5, 0.6) is 5.75 Å². The lowest BCUT2D eigenvalue weighted by molar-refractivity contribution is -0.140. The minimum absolute atomic E-state index is 0.1000. The molecule has 0 fully saturated rings. The van der Waals surface area contributed by atoms with Crippen LogP contribution in [-0.2, 0) is 38.8 Å². The second kappa shape index (κ2) is 16.5. The summed E-state index contributed by atoms with van der Waals surface area (Å²) >= 11 is 0. The van der Waals surface area contributed by atoms with E-state index in [1.807, 2.05) is 25.1 Å². The van der Waals surface area contributed by atoms with Crippen LogP contribution in [0.15, 0.2) is 108 Å². The van der Waals surface area contributed by atoms with Crippen LogP contribution in [0, 0.1) is 6.92 Å². The SMILES string of the molecule is CCCCNC(=O)C(Cc1ccccc1)N(Cc1cccc(OC)c1)C(=O)CN(c1cccc(C(F)(F)F)c1)S(=O)(=O)c1ccc(C)cc1. The summed E-state index contributed by atoms with van der Waals surface area (Å²) in [5, 5.41) is 2.90. The van der Waals surface area contributed by atoms with E-state index in [1.165, 1.54) is 30.2 Å². The van der Waals surface area contributed by atoms with Crippen molar-refractivity contribution >= 4 is 27.5 Å². The third kappa shape index (κ3) is 9.85. The zero-order chi connectivity index (χ0) is 35.6. The van der Waals surface area contributed by atoms with Gasteiger partial charge in [0, 0.05) is 19.5 Å². The number of nitrogens with zero attached hydrogens (tertiary/aromatic N) is 2. The second-order valence-electron chi connectivity index (χ2n) is 11.6. The van der Waals surface area contributed by atoms with E-state index in [0.717, 1.165) is 29.7 Å². The van der Waals surface area contributed by atoms with Crippen LogP contribution in [0.2, 0.25) is 0 Å². The van der Waals surface area contributed by atoms with Crippen molar-refractivity contribution < 1.29 is 35.9 Å². The molecule has 0 aliphatic rings. The third-order valence-electron chi connectivity index (χ3n) is 7.94. The maximum absolute atomic E-state index is 14.6. The molecule has 0 bridgehead atoms. The monoisotopic (exact) mass is 695 g/mol. The summed E-state index contributed by atoms with van der Waals surface area (Å²) in [5.74, 6) is -0.729. The minimum Gasteiger partial charge on any atom is -0.497 e. The van der Waals surface area contributed by atoms with Gasteiger partial charge in [0.2, 0.25) is 11.8 Å². The standard InChI is InChI=1S/C37H40F3N3O5S/c1-4-5-21-41-36(45)34(23-28-11-7-6-8-12-28)42(25-29-13-9-16-32(22-29)48-3)35(44)26-43(31-15-10-14-30(24-31)37(38,39)40)49(46,47)33-19-17-27(2)18-20-33/h6-20,22,24,34H,4-5,21,23,25-26H2,1-3H3,(H,41,45). The average molecular weight is 696 g/mol. The molecule has 0 saturated carbocycles. The summed E-state index contributed by atoms with van der Waals surface area (Å²) < 4.78 is 75.8. The summed E-state index contributed by atoms with van der Waals surface area (Å²) in [6.07, 6.45) is -3.15. The molecular weight excluding hydrogens is 655 g/mol. The molecule has 0 saturated heterocycles. The van der Waals surface area contributed by atoms with Gasteiger partial charge in [-0.2, -0.15) is 13.2 Å². The summed E-state index contributed by atoms with van der Waals surface area (Å²) in [7, 11) is -3.08. The Bertz CT molecular complexity index is 1820. The van der Waals surface area contributed by atoms with Crippen LogP contribution in [-0.4, -0.2) is 51.4 Å². The normalized spacial score (nSPS) is 12.2. The highest BCUT2D eigenvalue weighted by molar-refractivity contribution is 7.92. The number of alkyl halides is 3. The summed E-state index contributed by atoms with van der Waals surface area (Å²) in [5.41, 5.74) is 0.690. The number of halogens is 3. The Morgan fingerprint density at radius 3 is 2.20 bits per heavy atom. The number of ether oxygens (including phenoxy) is 1. The molecule has 1 N–H and O–H groups in total. The van der Waals surface area contributed by atoms with Crippen molar-refractivity contribution in [3.05, 3.63) is 125 Å². The molecule has 0 spiro atoms. The van der Waals surface area contributed by atoms with E-state index in [4.69, 9.17) is 4.74 Å². The Morgan fingerprint density at radius 1 is 0.878 bits per heavy atom. The van der Waals surface area contributed by atoms with E-state index in [1.54, 1.807) is 55.5 Å². The fraction of sp³-hybridized carbons (Fsp3) is 0.297. The zero-order valence-electron chi connectivity index (χ0n) is 27.6. The second-order valence-corrected chi connectivity index (χ2v) is 13.5. The first kappa shape index (κ1) is 37.0. The van der Waals surface area contributed by atoms with Crippen LogP contribution in [0.1, 0.15) is 42.0 Å². The largest absolute Gasteiger partial charge is 0.497 e. The number of carbonyl (C=O) groups excluding carboxylic acids is 2. The van der Waals surface area contributed by atoms with Crippen molar-refractivity contribution in [3.8, 4) is 5.75 Å². The van der Waals surface area contributed by atoms with Gasteiger partial charge in [0.1, 0.15) is 18.3 Å². The molecule has 0 aliphatic carbocycles. The molecule has 2 amide bonds. The molecule has 4 aromatic carbocycles. The predicted octanol–water partition coefficient (Wildman–Crippen LogP) is 6.77. The number of hydrogen-bond acceptors (Lipinski definition) is 5. The van der Waals surface area contributed by atoms with E-state index >= 15 is 0 Å². The Hall–Kier alpha value is -4.84. The van der Waals surface area contributed by atoms with Crippen molar-refractivity contribution in [2.24, 2.45) is 0 Å². The van der Waals surface area contributed by atoms with Gasteiger partial charge in [-0.05, 0) is 66.9 Å². The van der Waals surface area contributed by atoms with E-state index in [0.29, 0.717) is 34.7 Å². The van der Waals surface area contributed by atoms with Crippen molar-refractivity contribution in [1.82, 2.24) is 10.2 Å². The van der Waals surface area contributed by atoms with Crippen LogP contribution in [0.4, 0.5) is 18.9 Å². The maximum atomic E-state index is 14.6. The zero-order valence-corrected chi connectivity index (χ0v) is 28.4. The first-order chi connectivity index (χ1) is 23.3. The van der Waals surface area contributed by atoms with E-state index < -0.39 is 46.2 Å². The van der Waals surface area contributed by atoms with E-state index in [9.17, 15) is 31.2 Å². The summed E-state index contributed by atoms with van der Waals surface area (Å²) in [4.78, 5) is 29.5. The number of hydrogen-bond donors (Lipinski definition) is 1. The molecule has 0 aliphatic heterocycles. The Morgan fingerprint density at radius 2 is 1.55 bits per heavy atom. The maximum Gasteiger partial charge on any atom is 0.416 e. The number of anilines is 1. The number of aryl methyl sites for hydroxylation is 1. The molecule has 0 heterocycles. The van der Waals surface area contributed by atoms with Gasteiger partial charge in [-0.15, -0.1) is 0 Å². The molecule has 1 atom stereocenters. The minimum atomic E-state index is -4.77. The van der Waals surface area contributed by atoms with Gasteiger partial charge in [0.15, 0.2) is 0 Å². The van der Waals surface area contributed by atoms with E-state index in [2.05, 4.69) is 5.32 Å². The molecule has 260 valence electrons.